The standard InChI is InChI=1S/C23H26ClFN2O2S/c1-16(23(29)26-19-7-3-4-8-19)27(14-17-6-2-5-9-21(17)25)22(28)15-30-20-12-10-18(24)11-13-20/h2,5-6,9-13,16,19H,3-4,7-8,14-15H2,1H3,(H,26,29)/t16-/m1/s1. The minimum Gasteiger partial charge on any atom is -0.352 e. The van der Waals surface area contributed by atoms with E-state index in [4.69, 9.17) is 11.6 Å². The van der Waals surface area contributed by atoms with Crippen molar-refractivity contribution in [1.82, 2.24) is 10.2 Å². The molecule has 4 nitrogen and oxygen atoms in total. The van der Waals surface area contributed by atoms with Gasteiger partial charge in [0, 0.05) is 28.1 Å². The minimum atomic E-state index is -0.691. The Morgan fingerprint density at radius 2 is 1.83 bits per heavy atom. The fourth-order valence-corrected chi connectivity index (χ4v) is 4.45. The average molecular weight is 449 g/mol. The molecule has 1 saturated carbocycles. The smallest absolute Gasteiger partial charge is 0.242 e. The van der Waals surface area contributed by atoms with E-state index in [0.29, 0.717) is 10.6 Å². The molecule has 0 spiro atoms. The van der Waals surface area contributed by atoms with Crippen LogP contribution in [0.5, 0.6) is 0 Å². The molecule has 0 heterocycles. The van der Waals surface area contributed by atoms with Gasteiger partial charge in [-0.25, -0.2) is 4.39 Å². The number of hydrogen-bond acceptors (Lipinski definition) is 3. The van der Waals surface area contributed by atoms with Gasteiger partial charge in [-0.05, 0) is 50.1 Å². The molecule has 30 heavy (non-hydrogen) atoms. The Balaban J connectivity index is 1.71. The summed E-state index contributed by atoms with van der Waals surface area (Å²) in [5, 5.41) is 3.68. The van der Waals surface area contributed by atoms with Crippen LogP contribution in [0.25, 0.3) is 0 Å². The summed E-state index contributed by atoms with van der Waals surface area (Å²) in [6.07, 6.45) is 4.14. The van der Waals surface area contributed by atoms with Gasteiger partial charge in [0.25, 0.3) is 0 Å². The van der Waals surface area contributed by atoms with Crippen LogP contribution >= 0.6 is 23.4 Å². The van der Waals surface area contributed by atoms with Gasteiger partial charge in [-0.15, -0.1) is 11.8 Å². The number of nitrogens with one attached hydrogen (secondary N) is 1. The molecule has 7 heteroatoms. The molecule has 0 radical (unpaired) electrons. The van der Waals surface area contributed by atoms with Crippen LogP contribution in [-0.4, -0.2) is 34.6 Å². The number of hydrogen-bond donors (Lipinski definition) is 1. The molecular weight excluding hydrogens is 423 g/mol. The second kappa shape index (κ2) is 10.8. The SMILES string of the molecule is C[C@H](C(=O)NC1CCCC1)N(Cc1ccccc1F)C(=O)CSc1ccc(Cl)cc1. The molecule has 2 aromatic rings. The fraction of sp³-hybridized carbons (Fsp3) is 0.391. The molecule has 0 bridgehead atoms. The van der Waals surface area contributed by atoms with Crippen molar-refractivity contribution in [3.63, 3.8) is 0 Å². The van der Waals surface area contributed by atoms with Crippen LogP contribution < -0.4 is 5.32 Å². The number of carbonyl (C=O) groups excluding carboxylic acids is 2. The first-order valence-corrected chi connectivity index (χ1v) is 11.5. The Labute approximate surface area is 186 Å². The van der Waals surface area contributed by atoms with Crippen LogP contribution in [0.3, 0.4) is 0 Å². The molecule has 1 aliphatic carbocycles. The zero-order valence-corrected chi connectivity index (χ0v) is 18.5. The van der Waals surface area contributed by atoms with Crippen molar-refractivity contribution in [2.24, 2.45) is 0 Å². The van der Waals surface area contributed by atoms with Crippen LogP contribution in [0.15, 0.2) is 53.4 Å². The lowest BCUT2D eigenvalue weighted by atomic mass is 10.1. The molecule has 0 aliphatic heterocycles. The molecule has 1 atom stereocenters. The molecule has 2 amide bonds. The van der Waals surface area contributed by atoms with Crippen LogP contribution in [-0.2, 0) is 16.1 Å². The van der Waals surface area contributed by atoms with Crippen LogP contribution in [0, 0.1) is 5.82 Å². The monoisotopic (exact) mass is 448 g/mol. The zero-order chi connectivity index (χ0) is 21.5. The molecule has 0 aromatic heterocycles. The van der Waals surface area contributed by atoms with Gasteiger partial charge in [0.1, 0.15) is 11.9 Å². The quantitative estimate of drug-likeness (QED) is 0.575. The van der Waals surface area contributed by atoms with Crippen LogP contribution in [0.2, 0.25) is 5.02 Å². The molecule has 1 aliphatic rings. The lowest BCUT2D eigenvalue weighted by Crippen LogP contribution is -2.50. The number of nitrogens with zero attached hydrogens (tertiary/aromatic N) is 1. The Bertz CT molecular complexity index is 872. The van der Waals surface area contributed by atoms with E-state index in [1.54, 1.807) is 37.3 Å². The lowest BCUT2D eigenvalue weighted by molar-refractivity contribution is -0.139. The molecule has 2 aromatic carbocycles. The lowest BCUT2D eigenvalue weighted by Gasteiger charge is -2.29. The fourth-order valence-electron chi connectivity index (χ4n) is 3.54. The van der Waals surface area contributed by atoms with Gasteiger partial charge in [-0.3, -0.25) is 9.59 Å². The zero-order valence-electron chi connectivity index (χ0n) is 16.9. The van der Waals surface area contributed by atoms with Crippen molar-refractivity contribution >= 4 is 35.2 Å². The van der Waals surface area contributed by atoms with E-state index >= 15 is 0 Å². The van der Waals surface area contributed by atoms with E-state index in [1.165, 1.54) is 22.7 Å². The average Bonchev–Trinajstić information content (AvgIpc) is 3.25. The first kappa shape index (κ1) is 22.6. The third-order valence-corrected chi connectivity index (χ3v) is 6.59. The first-order valence-electron chi connectivity index (χ1n) is 10.2. The summed E-state index contributed by atoms with van der Waals surface area (Å²) >= 11 is 7.28. The van der Waals surface area contributed by atoms with E-state index < -0.39 is 6.04 Å². The summed E-state index contributed by atoms with van der Waals surface area (Å²) in [5.41, 5.74) is 0.392. The molecule has 1 fully saturated rings. The van der Waals surface area contributed by atoms with Gasteiger partial charge in [-0.2, -0.15) is 0 Å². The van der Waals surface area contributed by atoms with Crippen molar-refractivity contribution in [3.05, 3.63) is 64.9 Å². The van der Waals surface area contributed by atoms with Gasteiger partial charge >= 0.3 is 0 Å². The normalized spacial score (nSPS) is 15.0. The number of rotatable bonds is 8. The minimum absolute atomic E-state index is 0.0476. The van der Waals surface area contributed by atoms with Gasteiger partial charge in [-0.1, -0.05) is 42.6 Å². The van der Waals surface area contributed by atoms with Gasteiger partial charge in [0.2, 0.25) is 11.8 Å². The summed E-state index contributed by atoms with van der Waals surface area (Å²) in [6.45, 7) is 1.75. The molecular formula is C23H26ClFN2O2S. The number of thioether (sulfide) groups is 1. The van der Waals surface area contributed by atoms with Crippen molar-refractivity contribution in [2.45, 2.75) is 56.1 Å². The second-order valence-corrected chi connectivity index (χ2v) is 9.01. The van der Waals surface area contributed by atoms with Crippen molar-refractivity contribution in [3.8, 4) is 0 Å². The highest BCUT2D eigenvalue weighted by molar-refractivity contribution is 8.00. The Morgan fingerprint density at radius 3 is 2.50 bits per heavy atom. The Kier molecular flexibility index (Phi) is 8.16. The number of amides is 2. The van der Waals surface area contributed by atoms with Crippen molar-refractivity contribution in [2.75, 3.05) is 5.75 Å². The number of halogens is 2. The molecule has 1 N–H and O–H groups in total. The Hall–Kier alpha value is -2.05. The summed E-state index contributed by atoms with van der Waals surface area (Å²) < 4.78 is 14.2. The number of carbonyl (C=O) groups is 2. The van der Waals surface area contributed by atoms with Crippen LogP contribution in [0.1, 0.15) is 38.2 Å². The molecule has 3 rings (SSSR count). The van der Waals surface area contributed by atoms with Crippen molar-refractivity contribution in [1.29, 1.82) is 0 Å². The largest absolute Gasteiger partial charge is 0.352 e. The van der Waals surface area contributed by atoms with Crippen LogP contribution in [0.4, 0.5) is 4.39 Å². The molecule has 0 saturated heterocycles. The highest BCUT2D eigenvalue weighted by Gasteiger charge is 2.29. The molecule has 0 unspecified atom stereocenters. The predicted molar refractivity (Wildman–Crippen MR) is 119 cm³/mol. The third-order valence-electron chi connectivity index (χ3n) is 5.34. The maximum absolute atomic E-state index is 14.2. The second-order valence-electron chi connectivity index (χ2n) is 7.52. The topological polar surface area (TPSA) is 49.4 Å². The van der Waals surface area contributed by atoms with E-state index in [2.05, 4.69) is 5.32 Å². The Morgan fingerprint density at radius 1 is 1.17 bits per heavy atom. The maximum Gasteiger partial charge on any atom is 0.242 e. The van der Waals surface area contributed by atoms with E-state index in [0.717, 1.165) is 30.6 Å². The van der Waals surface area contributed by atoms with Gasteiger partial charge in [0.15, 0.2) is 0 Å². The summed E-state index contributed by atoms with van der Waals surface area (Å²) in [7, 11) is 0. The first-order chi connectivity index (χ1) is 14.4. The highest BCUT2D eigenvalue weighted by Crippen LogP contribution is 2.23. The van der Waals surface area contributed by atoms with E-state index in [1.807, 2.05) is 12.1 Å². The number of benzene rings is 2. The van der Waals surface area contributed by atoms with Crippen molar-refractivity contribution < 1.29 is 14.0 Å². The van der Waals surface area contributed by atoms with E-state index in [-0.39, 0.29) is 36.0 Å². The summed E-state index contributed by atoms with van der Waals surface area (Å²) in [5.74, 6) is -0.642. The van der Waals surface area contributed by atoms with Gasteiger partial charge in [0.05, 0.1) is 5.75 Å². The summed E-state index contributed by atoms with van der Waals surface area (Å²) in [4.78, 5) is 28.2. The van der Waals surface area contributed by atoms with E-state index in [9.17, 15) is 14.0 Å². The van der Waals surface area contributed by atoms with Gasteiger partial charge < -0.3 is 10.2 Å². The third kappa shape index (κ3) is 6.22. The highest BCUT2D eigenvalue weighted by atomic mass is 35.5. The maximum atomic E-state index is 14.2. The molecule has 160 valence electrons. The summed E-state index contributed by atoms with van der Waals surface area (Å²) in [6, 6.07) is 13.0. The predicted octanol–water partition coefficient (Wildman–Crippen LogP) is 5.05.